The first kappa shape index (κ1) is 21.0. The number of hydrogen-bond donors (Lipinski definition) is 0. The molecule has 3 rings (SSSR count). The predicted molar refractivity (Wildman–Crippen MR) is 99.9 cm³/mol. The van der Waals surface area contributed by atoms with Gasteiger partial charge in [0.25, 0.3) is 5.56 Å². The van der Waals surface area contributed by atoms with E-state index in [1.165, 1.54) is 24.1 Å². The summed E-state index contributed by atoms with van der Waals surface area (Å²) < 4.78 is 47.8. The van der Waals surface area contributed by atoms with Crippen LogP contribution in [0.2, 0.25) is 5.02 Å². The SMILES string of the molecule is COC(C)Cn1c(=O)c(C)nc2c(-c3ccc(OC(F)(F)F)cc3Cl)ncnc21. The van der Waals surface area contributed by atoms with Crippen LogP contribution in [0.1, 0.15) is 12.6 Å². The van der Waals surface area contributed by atoms with Crippen molar-refractivity contribution in [1.29, 1.82) is 0 Å². The van der Waals surface area contributed by atoms with E-state index >= 15 is 0 Å². The topological polar surface area (TPSA) is 79.1 Å². The molecule has 0 aliphatic heterocycles. The summed E-state index contributed by atoms with van der Waals surface area (Å²) >= 11 is 6.19. The molecule has 0 spiro atoms. The lowest BCUT2D eigenvalue weighted by molar-refractivity contribution is -0.274. The van der Waals surface area contributed by atoms with Crippen molar-refractivity contribution in [2.45, 2.75) is 32.9 Å². The van der Waals surface area contributed by atoms with E-state index in [1.807, 2.05) is 0 Å². The van der Waals surface area contributed by atoms with E-state index in [0.29, 0.717) is 11.1 Å². The fourth-order valence-electron chi connectivity index (χ4n) is 2.76. The Hall–Kier alpha value is -2.72. The Morgan fingerprint density at radius 2 is 2.00 bits per heavy atom. The lowest BCUT2D eigenvalue weighted by Crippen LogP contribution is -2.29. The van der Waals surface area contributed by atoms with Crippen molar-refractivity contribution in [3.63, 3.8) is 0 Å². The molecule has 1 aromatic carbocycles. The fraction of sp³-hybridized carbons (Fsp3) is 0.333. The van der Waals surface area contributed by atoms with Crippen LogP contribution >= 0.6 is 11.6 Å². The molecule has 0 bridgehead atoms. The number of nitrogens with zero attached hydrogens (tertiary/aromatic N) is 4. The van der Waals surface area contributed by atoms with Crippen LogP contribution in [0.5, 0.6) is 5.75 Å². The summed E-state index contributed by atoms with van der Waals surface area (Å²) in [6, 6.07) is 3.50. The van der Waals surface area contributed by atoms with Crippen LogP contribution in [0.15, 0.2) is 29.3 Å². The van der Waals surface area contributed by atoms with Crippen molar-refractivity contribution >= 4 is 22.8 Å². The summed E-state index contributed by atoms with van der Waals surface area (Å²) in [5.74, 6) is -0.459. The van der Waals surface area contributed by atoms with Crippen molar-refractivity contribution < 1.29 is 22.6 Å². The third kappa shape index (κ3) is 4.48. The molecule has 2 heterocycles. The summed E-state index contributed by atoms with van der Waals surface area (Å²) in [7, 11) is 1.52. The molecule has 1 unspecified atom stereocenters. The highest BCUT2D eigenvalue weighted by molar-refractivity contribution is 6.33. The number of halogens is 4. The minimum atomic E-state index is -4.83. The maximum absolute atomic E-state index is 12.6. The van der Waals surface area contributed by atoms with Gasteiger partial charge in [0.05, 0.1) is 17.7 Å². The average molecular weight is 429 g/mol. The Labute approximate surface area is 168 Å². The smallest absolute Gasteiger partial charge is 0.406 e. The number of aryl methyl sites for hydroxylation is 1. The zero-order chi connectivity index (χ0) is 21.3. The number of benzene rings is 1. The molecule has 0 N–H and O–H groups in total. The minimum absolute atomic E-state index is 0.0192. The van der Waals surface area contributed by atoms with Gasteiger partial charge in [-0.25, -0.2) is 15.0 Å². The van der Waals surface area contributed by atoms with Gasteiger partial charge in [-0.3, -0.25) is 9.36 Å². The first-order valence-electron chi connectivity index (χ1n) is 8.41. The third-order valence-corrected chi connectivity index (χ3v) is 4.48. The van der Waals surface area contributed by atoms with Crippen LogP contribution in [-0.4, -0.2) is 39.1 Å². The van der Waals surface area contributed by atoms with Gasteiger partial charge in [-0.05, 0) is 32.0 Å². The van der Waals surface area contributed by atoms with E-state index < -0.39 is 12.1 Å². The van der Waals surface area contributed by atoms with Crippen LogP contribution in [0.3, 0.4) is 0 Å². The Balaban J connectivity index is 2.18. The molecule has 0 aliphatic carbocycles. The minimum Gasteiger partial charge on any atom is -0.406 e. The number of hydrogen-bond acceptors (Lipinski definition) is 6. The van der Waals surface area contributed by atoms with Crippen molar-refractivity contribution in [3.8, 4) is 17.0 Å². The Bertz CT molecular complexity index is 1120. The highest BCUT2D eigenvalue weighted by atomic mass is 35.5. The lowest BCUT2D eigenvalue weighted by atomic mass is 10.1. The molecule has 1 atom stereocenters. The molecule has 0 fully saturated rings. The Morgan fingerprint density at radius 3 is 2.62 bits per heavy atom. The van der Waals surface area contributed by atoms with Gasteiger partial charge in [-0.1, -0.05) is 11.6 Å². The molecule has 2 aromatic heterocycles. The first-order valence-corrected chi connectivity index (χ1v) is 8.79. The molecule has 0 saturated heterocycles. The normalized spacial score (nSPS) is 12.9. The molecular formula is C18H16ClF3N4O3. The summed E-state index contributed by atoms with van der Waals surface area (Å²) in [4.78, 5) is 25.2. The number of aromatic nitrogens is 4. The molecule has 29 heavy (non-hydrogen) atoms. The zero-order valence-corrected chi connectivity index (χ0v) is 16.4. The molecule has 0 saturated carbocycles. The van der Waals surface area contributed by atoms with Crippen LogP contribution in [-0.2, 0) is 11.3 Å². The van der Waals surface area contributed by atoms with Gasteiger partial charge in [0, 0.05) is 12.7 Å². The monoisotopic (exact) mass is 428 g/mol. The summed E-state index contributed by atoms with van der Waals surface area (Å²) in [5.41, 5.74) is 1.04. The highest BCUT2D eigenvalue weighted by Gasteiger charge is 2.31. The summed E-state index contributed by atoms with van der Waals surface area (Å²) in [6.45, 7) is 3.58. The van der Waals surface area contributed by atoms with E-state index in [1.54, 1.807) is 13.8 Å². The van der Waals surface area contributed by atoms with E-state index in [2.05, 4.69) is 19.7 Å². The summed E-state index contributed by atoms with van der Waals surface area (Å²) in [5, 5.41) is -0.0192. The van der Waals surface area contributed by atoms with Crippen LogP contribution in [0.4, 0.5) is 13.2 Å². The number of alkyl halides is 3. The largest absolute Gasteiger partial charge is 0.573 e. The van der Waals surface area contributed by atoms with Crippen LogP contribution in [0.25, 0.3) is 22.4 Å². The fourth-order valence-corrected chi connectivity index (χ4v) is 3.02. The van der Waals surface area contributed by atoms with E-state index in [0.717, 1.165) is 12.1 Å². The van der Waals surface area contributed by atoms with Crippen LogP contribution < -0.4 is 10.3 Å². The second-order valence-corrected chi connectivity index (χ2v) is 6.65. The molecule has 11 heteroatoms. The molecule has 0 radical (unpaired) electrons. The van der Waals surface area contributed by atoms with E-state index in [9.17, 15) is 18.0 Å². The zero-order valence-electron chi connectivity index (χ0n) is 15.6. The lowest BCUT2D eigenvalue weighted by Gasteiger charge is -2.16. The number of rotatable bonds is 5. The molecule has 0 aliphatic rings. The van der Waals surface area contributed by atoms with Gasteiger partial charge in [0.1, 0.15) is 29.0 Å². The van der Waals surface area contributed by atoms with Crippen molar-refractivity contribution in [3.05, 3.63) is 45.6 Å². The second kappa shape index (κ2) is 7.96. The van der Waals surface area contributed by atoms with Gasteiger partial charge in [-0.15, -0.1) is 13.2 Å². The van der Waals surface area contributed by atoms with Gasteiger partial charge in [0.2, 0.25) is 0 Å². The summed E-state index contributed by atoms with van der Waals surface area (Å²) in [6.07, 6.45) is -3.86. The molecule has 0 amide bonds. The highest BCUT2D eigenvalue weighted by Crippen LogP contribution is 2.34. The quantitative estimate of drug-likeness (QED) is 0.616. The first-order chi connectivity index (χ1) is 13.6. The third-order valence-electron chi connectivity index (χ3n) is 4.16. The van der Waals surface area contributed by atoms with E-state index in [-0.39, 0.29) is 40.3 Å². The predicted octanol–water partition coefficient (Wildman–Crippen LogP) is 3.75. The number of ether oxygens (including phenoxy) is 2. The van der Waals surface area contributed by atoms with Crippen molar-refractivity contribution in [1.82, 2.24) is 19.5 Å². The second-order valence-electron chi connectivity index (χ2n) is 6.24. The van der Waals surface area contributed by atoms with E-state index in [4.69, 9.17) is 16.3 Å². The Kier molecular flexibility index (Phi) is 5.76. The van der Waals surface area contributed by atoms with Gasteiger partial charge in [0.15, 0.2) is 5.65 Å². The molecule has 154 valence electrons. The maximum atomic E-state index is 12.6. The van der Waals surface area contributed by atoms with Crippen molar-refractivity contribution in [2.75, 3.05) is 7.11 Å². The van der Waals surface area contributed by atoms with Gasteiger partial charge in [-0.2, -0.15) is 0 Å². The molecular weight excluding hydrogens is 413 g/mol. The number of fused-ring (bicyclic) bond motifs is 1. The van der Waals surface area contributed by atoms with Gasteiger partial charge >= 0.3 is 6.36 Å². The maximum Gasteiger partial charge on any atom is 0.573 e. The molecule has 7 nitrogen and oxygen atoms in total. The number of methoxy groups -OCH3 is 1. The van der Waals surface area contributed by atoms with Crippen LogP contribution in [0, 0.1) is 6.92 Å². The van der Waals surface area contributed by atoms with Gasteiger partial charge < -0.3 is 9.47 Å². The standard InChI is InChI=1S/C18H16ClF3N4O3/c1-9(28-3)7-26-16-15(25-10(2)17(26)27)14(23-8-24-16)12-5-4-11(6-13(12)19)29-18(20,21)22/h4-6,8-9H,7H2,1-3H3. The average Bonchev–Trinajstić information content (AvgIpc) is 2.64. The molecule has 3 aromatic rings. The van der Waals surface area contributed by atoms with Crippen molar-refractivity contribution in [2.24, 2.45) is 0 Å². The Morgan fingerprint density at radius 1 is 1.28 bits per heavy atom.